The molecule has 1 heterocycles. The average Bonchev–Trinajstić information content (AvgIpc) is 2.59. The Morgan fingerprint density at radius 1 is 1.21 bits per heavy atom. The lowest BCUT2D eigenvalue weighted by molar-refractivity contribution is 0.211. The first-order chi connectivity index (χ1) is 11.6. The molecule has 134 valence electrons. The normalized spacial score (nSPS) is 17.9. The van der Waals surface area contributed by atoms with Crippen molar-refractivity contribution >= 4 is 23.0 Å². The topological polar surface area (TPSA) is 55.0 Å². The molecule has 2 rings (SSSR count). The maximum absolute atomic E-state index is 5.41. The van der Waals surface area contributed by atoms with Crippen LogP contribution in [0.3, 0.4) is 0 Å². The van der Waals surface area contributed by atoms with Crippen LogP contribution in [0.4, 0.5) is 5.69 Å². The summed E-state index contributed by atoms with van der Waals surface area (Å²) in [5, 5.41) is 7.09. The zero-order valence-electron chi connectivity index (χ0n) is 14.8. The van der Waals surface area contributed by atoms with Crippen LogP contribution in [-0.2, 0) is 0 Å². The maximum atomic E-state index is 5.41. The first-order valence-corrected chi connectivity index (χ1v) is 8.51. The molecule has 0 bridgehead atoms. The lowest BCUT2D eigenvalue weighted by Crippen LogP contribution is -2.40. The molecular weight excluding hydrogens is 326 g/mol. The molecule has 6 nitrogen and oxygen atoms in total. The average molecular weight is 353 g/mol. The fourth-order valence-corrected chi connectivity index (χ4v) is 3.21. The van der Waals surface area contributed by atoms with Crippen LogP contribution in [0.25, 0.3) is 0 Å². The number of hydrogen-bond acceptors (Lipinski definition) is 5. The van der Waals surface area contributed by atoms with E-state index in [4.69, 9.17) is 26.4 Å². The molecule has 0 radical (unpaired) electrons. The fourth-order valence-electron chi connectivity index (χ4n) is 3.01. The van der Waals surface area contributed by atoms with Crippen LogP contribution in [0.15, 0.2) is 12.1 Å². The molecule has 0 aromatic heterocycles. The fraction of sp³-hybridized carbons (Fsp3) is 0.588. The van der Waals surface area contributed by atoms with Gasteiger partial charge in [0, 0.05) is 30.9 Å². The third-order valence-electron chi connectivity index (χ3n) is 4.20. The highest BCUT2D eigenvalue weighted by molar-refractivity contribution is 7.80. The Hall–Kier alpha value is -1.73. The summed E-state index contributed by atoms with van der Waals surface area (Å²) in [6, 6.07) is 3.67. The van der Waals surface area contributed by atoms with Crippen molar-refractivity contribution in [2.24, 2.45) is 5.92 Å². The van der Waals surface area contributed by atoms with Gasteiger partial charge in [0.05, 0.1) is 21.3 Å². The number of methoxy groups -OCH3 is 3. The van der Waals surface area contributed by atoms with E-state index in [1.54, 1.807) is 21.3 Å². The quantitative estimate of drug-likeness (QED) is 0.761. The lowest BCUT2D eigenvalue weighted by Gasteiger charge is -2.30. The van der Waals surface area contributed by atoms with Crippen LogP contribution in [0.1, 0.15) is 12.8 Å². The molecule has 24 heavy (non-hydrogen) atoms. The van der Waals surface area contributed by atoms with E-state index in [0.717, 1.165) is 18.8 Å². The molecule has 7 heteroatoms. The Kier molecular flexibility index (Phi) is 6.93. The van der Waals surface area contributed by atoms with Crippen molar-refractivity contribution in [1.29, 1.82) is 0 Å². The van der Waals surface area contributed by atoms with Crippen molar-refractivity contribution in [2.45, 2.75) is 12.8 Å². The van der Waals surface area contributed by atoms with Gasteiger partial charge in [0.2, 0.25) is 5.75 Å². The molecule has 1 aromatic carbocycles. The van der Waals surface area contributed by atoms with Crippen molar-refractivity contribution < 1.29 is 14.2 Å². The van der Waals surface area contributed by atoms with Gasteiger partial charge >= 0.3 is 0 Å². The number of nitrogens with zero attached hydrogens (tertiary/aromatic N) is 1. The zero-order chi connectivity index (χ0) is 17.5. The Balaban J connectivity index is 1.95. The van der Waals surface area contributed by atoms with Crippen molar-refractivity contribution in [2.75, 3.05) is 53.3 Å². The lowest BCUT2D eigenvalue weighted by atomic mass is 9.99. The van der Waals surface area contributed by atoms with E-state index >= 15 is 0 Å². The minimum Gasteiger partial charge on any atom is -0.493 e. The SMILES string of the molecule is COc1cc(NC(=S)NC[C@@H]2CCCN(C)C2)cc(OC)c1OC. The van der Waals surface area contributed by atoms with Gasteiger partial charge in [-0.3, -0.25) is 0 Å². The van der Waals surface area contributed by atoms with E-state index in [9.17, 15) is 0 Å². The molecule has 1 fully saturated rings. The van der Waals surface area contributed by atoms with Gasteiger partial charge in [0.15, 0.2) is 16.6 Å². The Bertz CT molecular complexity index is 543. The zero-order valence-corrected chi connectivity index (χ0v) is 15.7. The number of likely N-dealkylation sites (tertiary alicyclic amines) is 1. The first kappa shape index (κ1) is 18.6. The second-order valence-electron chi connectivity index (χ2n) is 6.02. The van der Waals surface area contributed by atoms with Crippen LogP contribution in [-0.4, -0.2) is 58.0 Å². The number of hydrogen-bond donors (Lipinski definition) is 2. The highest BCUT2D eigenvalue weighted by Gasteiger charge is 2.17. The molecule has 1 aliphatic heterocycles. The standard InChI is InChI=1S/C17H27N3O3S/c1-20-7-5-6-12(11-20)10-18-17(24)19-13-8-14(21-2)16(23-4)15(9-13)22-3/h8-9,12H,5-7,10-11H2,1-4H3,(H2,18,19,24)/t12-/m0/s1. The summed E-state index contributed by atoms with van der Waals surface area (Å²) in [4.78, 5) is 2.37. The summed E-state index contributed by atoms with van der Waals surface area (Å²) < 4.78 is 16.0. The molecule has 0 aliphatic carbocycles. The highest BCUT2D eigenvalue weighted by atomic mass is 32.1. The van der Waals surface area contributed by atoms with E-state index in [-0.39, 0.29) is 0 Å². The Morgan fingerprint density at radius 3 is 2.42 bits per heavy atom. The Labute approximate surface area is 149 Å². The molecule has 0 amide bonds. The second-order valence-corrected chi connectivity index (χ2v) is 6.43. The number of ether oxygens (including phenoxy) is 3. The van der Waals surface area contributed by atoms with Gasteiger partial charge in [-0.05, 0) is 44.6 Å². The molecule has 0 saturated carbocycles. The second kappa shape index (κ2) is 8.94. The van der Waals surface area contributed by atoms with Gasteiger partial charge in [-0.25, -0.2) is 0 Å². The van der Waals surface area contributed by atoms with Gasteiger partial charge in [0.25, 0.3) is 0 Å². The molecule has 0 unspecified atom stereocenters. The summed E-state index contributed by atoms with van der Waals surface area (Å²) in [6.45, 7) is 3.17. The van der Waals surface area contributed by atoms with E-state index in [1.807, 2.05) is 12.1 Å². The van der Waals surface area contributed by atoms with Gasteiger partial charge in [0.1, 0.15) is 0 Å². The number of piperidine rings is 1. The van der Waals surface area contributed by atoms with Crippen LogP contribution in [0.5, 0.6) is 17.2 Å². The summed E-state index contributed by atoms with van der Waals surface area (Å²) >= 11 is 5.41. The van der Waals surface area contributed by atoms with Gasteiger partial charge in [-0.1, -0.05) is 0 Å². The number of nitrogens with one attached hydrogen (secondary N) is 2. The van der Waals surface area contributed by atoms with Crippen molar-refractivity contribution in [3.8, 4) is 17.2 Å². The van der Waals surface area contributed by atoms with Gasteiger partial charge in [-0.15, -0.1) is 0 Å². The third kappa shape index (κ3) is 4.88. The summed E-state index contributed by atoms with van der Waals surface area (Å²) in [5.74, 6) is 2.38. The molecule has 1 aliphatic rings. The molecule has 1 aromatic rings. The smallest absolute Gasteiger partial charge is 0.203 e. The number of rotatable bonds is 6. The van der Waals surface area contributed by atoms with E-state index < -0.39 is 0 Å². The third-order valence-corrected chi connectivity index (χ3v) is 4.44. The van der Waals surface area contributed by atoms with Crippen LogP contribution in [0, 0.1) is 5.92 Å². The van der Waals surface area contributed by atoms with Gasteiger partial charge in [-0.2, -0.15) is 0 Å². The van der Waals surface area contributed by atoms with E-state index in [0.29, 0.717) is 28.3 Å². The van der Waals surface area contributed by atoms with E-state index in [2.05, 4.69) is 22.6 Å². The van der Waals surface area contributed by atoms with Crippen LogP contribution < -0.4 is 24.8 Å². The molecular formula is C17H27N3O3S. The molecule has 1 atom stereocenters. The van der Waals surface area contributed by atoms with Crippen LogP contribution in [0.2, 0.25) is 0 Å². The minimum absolute atomic E-state index is 0.565. The number of thiocarbonyl (C=S) groups is 1. The van der Waals surface area contributed by atoms with Crippen LogP contribution >= 0.6 is 12.2 Å². The largest absolute Gasteiger partial charge is 0.493 e. The predicted molar refractivity (Wildman–Crippen MR) is 101 cm³/mol. The monoisotopic (exact) mass is 353 g/mol. The minimum atomic E-state index is 0.565. The van der Waals surface area contributed by atoms with E-state index in [1.165, 1.54) is 19.4 Å². The summed E-state index contributed by atoms with van der Waals surface area (Å²) in [6.07, 6.45) is 2.49. The Morgan fingerprint density at radius 2 is 1.88 bits per heavy atom. The molecule has 2 N–H and O–H groups in total. The number of benzene rings is 1. The number of anilines is 1. The highest BCUT2D eigenvalue weighted by Crippen LogP contribution is 2.39. The molecule has 0 spiro atoms. The predicted octanol–water partition coefficient (Wildman–Crippen LogP) is 2.34. The van der Waals surface area contributed by atoms with Crippen molar-refractivity contribution in [3.05, 3.63) is 12.1 Å². The summed E-state index contributed by atoms with van der Waals surface area (Å²) in [7, 11) is 6.94. The summed E-state index contributed by atoms with van der Waals surface area (Å²) in [5.41, 5.74) is 0.794. The van der Waals surface area contributed by atoms with Gasteiger partial charge < -0.3 is 29.7 Å². The molecule has 1 saturated heterocycles. The van der Waals surface area contributed by atoms with Crippen molar-refractivity contribution in [3.63, 3.8) is 0 Å². The maximum Gasteiger partial charge on any atom is 0.203 e. The first-order valence-electron chi connectivity index (χ1n) is 8.10. The van der Waals surface area contributed by atoms with Crippen molar-refractivity contribution in [1.82, 2.24) is 10.2 Å².